The lowest BCUT2D eigenvalue weighted by Crippen LogP contribution is -2.52. The number of rotatable bonds is 6. The van der Waals surface area contributed by atoms with Crippen LogP contribution in [0.15, 0.2) is 65.8 Å². The van der Waals surface area contributed by atoms with Gasteiger partial charge in [0.05, 0.1) is 12.2 Å². The van der Waals surface area contributed by atoms with Gasteiger partial charge in [0, 0.05) is 33.4 Å². The van der Waals surface area contributed by atoms with Crippen LogP contribution in [0.25, 0.3) is 0 Å². The van der Waals surface area contributed by atoms with E-state index in [1.54, 1.807) is 11.1 Å². The summed E-state index contributed by atoms with van der Waals surface area (Å²) >= 11 is 12.4. The first kappa shape index (κ1) is 26.2. The number of amidine groups is 1. The van der Waals surface area contributed by atoms with Crippen LogP contribution in [0.2, 0.25) is 10.0 Å². The lowest BCUT2D eigenvalue weighted by Gasteiger charge is -2.44. The van der Waals surface area contributed by atoms with E-state index in [-0.39, 0.29) is 5.41 Å². The largest absolute Gasteiger partial charge is 0.493 e. The lowest BCUT2D eigenvalue weighted by atomic mass is 9.71. The van der Waals surface area contributed by atoms with Gasteiger partial charge in [0.25, 0.3) is 0 Å². The van der Waals surface area contributed by atoms with Gasteiger partial charge in [-0.1, -0.05) is 68.2 Å². The third kappa shape index (κ3) is 4.29. The number of ether oxygens (including phenoxy) is 1. The summed E-state index contributed by atoms with van der Waals surface area (Å²) in [6.45, 7) is 12.8. The molecule has 0 saturated carbocycles. The minimum atomic E-state index is -0.880. The molecule has 1 aliphatic rings. The average Bonchev–Trinajstić information content (AvgIpc) is 3.07. The molecule has 1 aliphatic heterocycles. The molecule has 1 aromatic heterocycles. The minimum absolute atomic E-state index is 0.165. The number of nitrogens with zero attached hydrogens (tertiary/aromatic N) is 3. The molecule has 5 nitrogen and oxygen atoms in total. The first-order valence-corrected chi connectivity index (χ1v) is 12.7. The highest BCUT2D eigenvalue weighted by atomic mass is 35.5. The van der Waals surface area contributed by atoms with E-state index in [9.17, 15) is 4.79 Å². The van der Waals surface area contributed by atoms with Crippen LogP contribution in [-0.2, 0) is 21.3 Å². The molecule has 36 heavy (non-hydrogen) atoms. The summed E-state index contributed by atoms with van der Waals surface area (Å²) < 4.78 is 6.06. The first-order valence-electron chi connectivity index (χ1n) is 12.0. The fourth-order valence-corrected chi connectivity index (χ4v) is 5.02. The standard InChI is InChI=1S/C29H31Cl2N3O2/c1-7-36-24-16-25(27(2,3)4)32-17-23(24)26-33-28(5,19-8-12-21(30)13-9-19)29(6,34(26)18-35)20-10-14-22(31)15-11-20/h8-18H,7H2,1-6H3/t28-,29+/m0/s1. The molecule has 4 rings (SSSR count). The molecule has 0 aliphatic carbocycles. The van der Waals surface area contributed by atoms with Gasteiger partial charge < -0.3 is 4.74 Å². The Kier molecular flexibility index (Phi) is 6.93. The molecule has 0 spiro atoms. The van der Waals surface area contributed by atoms with Crippen LogP contribution in [-0.4, -0.2) is 28.7 Å². The zero-order valence-corrected chi connectivity index (χ0v) is 23.0. The molecule has 2 aromatic carbocycles. The van der Waals surface area contributed by atoms with Crippen molar-refractivity contribution in [3.05, 3.63) is 93.2 Å². The Morgan fingerprint density at radius 1 is 0.972 bits per heavy atom. The average molecular weight is 524 g/mol. The van der Waals surface area contributed by atoms with Crippen molar-refractivity contribution in [1.29, 1.82) is 0 Å². The summed E-state index contributed by atoms with van der Waals surface area (Å²) in [5.74, 6) is 1.14. The van der Waals surface area contributed by atoms with Crippen LogP contribution in [0, 0.1) is 0 Å². The Bertz CT molecular complexity index is 1300. The summed E-state index contributed by atoms with van der Waals surface area (Å²) in [4.78, 5) is 24.5. The smallest absolute Gasteiger partial charge is 0.216 e. The van der Waals surface area contributed by atoms with Gasteiger partial charge in [0.1, 0.15) is 22.7 Å². The quantitative estimate of drug-likeness (QED) is 0.322. The highest BCUT2D eigenvalue weighted by molar-refractivity contribution is 6.30. The Labute approximate surface area is 223 Å². The molecule has 2 heterocycles. The van der Waals surface area contributed by atoms with E-state index in [1.807, 2.05) is 75.4 Å². The second kappa shape index (κ2) is 9.53. The Morgan fingerprint density at radius 2 is 1.53 bits per heavy atom. The highest BCUT2D eigenvalue weighted by Gasteiger charge is 2.57. The normalized spacial score (nSPS) is 21.9. The number of benzene rings is 2. The maximum atomic E-state index is 12.9. The predicted octanol–water partition coefficient (Wildman–Crippen LogP) is 7.13. The molecule has 0 fully saturated rings. The summed E-state index contributed by atoms with van der Waals surface area (Å²) in [5.41, 5.74) is 1.47. The topological polar surface area (TPSA) is 54.8 Å². The zero-order chi connectivity index (χ0) is 26.3. The SMILES string of the molecule is CCOc1cc(C(C)(C)C)ncc1C1=N[C@@](C)(c2ccc(Cl)cc2)[C@@](C)(c2ccc(Cl)cc2)N1C=O. The summed E-state index contributed by atoms with van der Waals surface area (Å²) in [6.07, 6.45) is 2.60. The highest BCUT2D eigenvalue weighted by Crippen LogP contribution is 2.53. The summed E-state index contributed by atoms with van der Waals surface area (Å²) in [7, 11) is 0. The van der Waals surface area contributed by atoms with Crippen molar-refractivity contribution in [1.82, 2.24) is 9.88 Å². The number of aromatic nitrogens is 1. The fourth-order valence-electron chi connectivity index (χ4n) is 4.77. The van der Waals surface area contributed by atoms with Gasteiger partial charge >= 0.3 is 0 Å². The van der Waals surface area contributed by atoms with E-state index in [1.165, 1.54) is 0 Å². The van der Waals surface area contributed by atoms with Crippen LogP contribution in [0.1, 0.15) is 63.9 Å². The van der Waals surface area contributed by atoms with Gasteiger partial charge in [-0.15, -0.1) is 0 Å². The number of halogens is 2. The number of carbonyl (C=O) groups is 1. The van der Waals surface area contributed by atoms with Gasteiger partial charge in [-0.3, -0.25) is 19.7 Å². The van der Waals surface area contributed by atoms with Crippen LogP contribution < -0.4 is 4.74 Å². The fraction of sp³-hybridized carbons (Fsp3) is 0.345. The van der Waals surface area contributed by atoms with Crippen molar-refractivity contribution in [2.75, 3.05) is 6.61 Å². The van der Waals surface area contributed by atoms with Crippen molar-refractivity contribution in [2.45, 2.75) is 58.0 Å². The molecule has 3 aromatic rings. The molecule has 2 atom stereocenters. The molecular weight excluding hydrogens is 493 g/mol. The van der Waals surface area contributed by atoms with Crippen molar-refractivity contribution in [3.63, 3.8) is 0 Å². The van der Waals surface area contributed by atoms with E-state index in [0.29, 0.717) is 33.8 Å². The van der Waals surface area contributed by atoms with E-state index in [0.717, 1.165) is 23.2 Å². The number of hydrogen-bond donors (Lipinski definition) is 0. The summed E-state index contributed by atoms with van der Waals surface area (Å²) in [5, 5.41) is 1.25. The third-order valence-corrected chi connectivity index (χ3v) is 7.58. The zero-order valence-electron chi connectivity index (χ0n) is 21.5. The van der Waals surface area contributed by atoms with Crippen LogP contribution in [0.3, 0.4) is 0 Å². The molecular formula is C29H31Cl2N3O2. The predicted molar refractivity (Wildman–Crippen MR) is 146 cm³/mol. The van der Waals surface area contributed by atoms with Gasteiger partial charge in [0.2, 0.25) is 6.41 Å². The second-order valence-electron chi connectivity index (χ2n) is 10.3. The van der Waals surface area contributed by atoms with Gasteiger partial charge in [-0.05, 0) is 56.2 Å². The lowest BCUT2D eigenvalue weighted by molar-refractivity contribution is -0.119. The molecule has 0 bridgehead atoms. The van der Waals surface area contributed by atoms with Crippen LogP contribution >= 0.6 is 23.2 Å². The van der Waals surface area contributed by atoms with E-state index in [2.05, 4.69) is 20.8 Å². The van der Waals surface area contributed by atoms with Crippen molar-refractivity contribution >= 4 is 35.4 Å². The van der Waals surface area contributed by atoms with Crippen molar-refractivity contribution in [2.24, 2.45) is 4.99 Å². The van der Waals surface area contributed by atoms with Crippen molar-refractivity contribution < 1.29 is 9.53 Å². The minimum Gasteiger partial charge on any atom is -0.493 e. The number of hydrogen-bond acceptors (Lipinski definition) is 4. The number of carbonyl (C=O) groups excluding carboxylic acids is 1. The van der Waals surface area contributed by atoms with Gasteiger partial charge in [-0.2, -0.15) is 0 Å². The number of amides is 1. The van der Waals surface area contributed by atoms with Gasteiger partial charge in [-0.25, -0.2) is 0 Å². The molecule has 188 valence electrons. The van der Waals surface area contributed by atoms with E-state index < -0.39 is 11.1 Å². The van der Waals surface area contributed by atoms with Crippen molar-refractivity contribution in [3.8, 4) is 5.75 Å². The third-order valence-electron chi connectivity index (χ3n) is 7.08. The molecule has 0 N–H and O–H groups in total. The molecule has 0 saturated heterocycles. The maximum absolute atomic E-state index is 12.9. The van der Waals surface area contributed by atoms with E-state index in [4.69, 9.17) is 37.9 Å². The Morgan fingerprint density at radius 3 is 2.03 bits per heavy atom. The van der Waals surface area contributed by atoms with E-state index >= 15 is 0 Å². The molecule has 0 unspecified atom stereocenters. The number of aliphatic imine (C=N–C) groups is 1. The molecule has 7 heteroatoms. The first-order chi connectivity index (χ1) is 17.0. The second-order valence-corrected chi connectivity index (χ2v) is 11.2. The van der Waals surface area contributed by atoms with Crippen LogP contribution in [0.4, 0.5) is 0 Å². The number of pyridine rings is 1. The maximum Gasteiger partial charge on any atom is 0.216 e. The summed E-state index contributed by atoms with van der Waals surface area (Å²) in [6, 6.07) is 17.1. The molecule has 1 amide bonds. The monoisotopic (exact) mass is 523 g/mol. The van der Waals surface area contributed by atoms with Gasteiger partial charge in [0.15, 0.2) is 0 Å². The molecule has 0 radical (unpaired) electrons. The van der Waals surface area contributed by atoms with Crippen LogP contribution in [0.5, 0.6) is 5.75 Å². The Hall–Kier alpha value is -2.89. The Balaban J connectivity index is 2.00.